The number of carbonyl (C=O) groups is 1. The highest BCUT2D eigenvalue weighted by molar-refractivity contribution is 5.68. The van der Waals surface area contributed by atoms with Crippen LogP contribution < -0.4 is 5.32 Å². The molecule has 120 valence electrons. The lowest BCUT2D eigenvalue weighted by Crippen LogP contribution is -2.46. The third-order valence-corrected chi connectivity index (χ3v) is 2.84. The van der Waals surface area contributed by atoms with Gasteiger partial charge in [-0.1, -0.05) is 20.8 Å². The molecule has 0 radical (unpaired) electrons. The Morgan fingerprint density at radius 2 is 1.70 bits per heavy atom. The van der Waals surface area contributed by atoms with Crippen molar-refractivity contribution in [3.63, 3.8) is 0 Å². The van der Waals surface area contributed by atoms with E-state index >= 15 is 0 Å². The molecule has 0 aromatic carbocycles. The lowest BCUT2D eigenvalue weighted by molar-refractivity contribution is 0.0424. The van der Waals surface area contributed by atoms with Crippen molar-refractivity contribution in [2.45, 2.75) is 66.0 Å². The van der Waals surface area contributed by atoms with Gasteiger partial charge in [-0.3, -0.25) is 0 Å². The predicted molar refractivity (Wildman–Crippen MR) is 79.5 cm³/mol. The summed E-state index contributed by atoms with van der Waals surface area (Å²) in [5, 5.41) is 21.4. The van der Waals surface area contributed by atoms with Crippen molar-refractivity contribution in [2.24, 2.45) is 11.3 Å². The zero-order chi connectivity index (χ0) is 16.0. The SMILES string of the molecule is CC(C)(C)C[C@H](CCO)[C@H](CO)NC(=O)OC(C)(C)C. The van der Waals surface area contributed by atoms with Crippen molar-refractivity contribution in [3.05, 3.63) is 0 Å². The summed E-state index contributed by atoms with van der Waals surface area (Å²) in [5.41, 5.74) is -0.510. The summed E-state index contributed by atoms with van der Waals surface area (Å²) in [6, 6.07) is -0.406. The molecule has 1 amide bonds. The zero-order valence-corrected chi connectivity index (χ0v) is 13.7. The van der Waals surface area contributed by atoms with Gasteiger partial charge in [-0.25, -0.2) is 4.79 Å². The van der Waals surface area contributed by atoms with Crippen LogP contribution in [0.3, 0.4) is 0 Å². The molecule has 20 heavy (non-hydrogen) atoms. The van der Waals surface area contributed by atoms with Gasteiger partial charge in [0.1, 0.15) is 5.60 Å². The molecule has 0 saturated heterocycles. The minimum Gasteiger partial charge on any atom is -0.444 e. The molecule has 0 aliphatic carbocycles. The quantitative estimate of drug-likeness (QED) is 0.701. The van der Waals surface area contributed by atoms with Gasteiger partial charge >= 0.3 is 6.09 Å². The zero-order valence-electron chi connectivity index (χ0n) is 13.7. The summed E-state index contributed by atoms with van der Waals surface area (Å²) < 4.78 is 5.20. The number of ether oxygens (including phenoxy) is 1. The van der Waals surface area contributed by atoms with Gasteiger partial charge in [0.25, 0.3) is 0 Å². The Kier molecular flexibility index (Phi) is 7.52. The largest absolute Gasteiger partial charge is 0.444 e. The molecule has 3 N–H and O–H groups in total. The molecule has 0 saturated carbocycles. The molecule has 0 rings (SSSR count). The highest BCUT2D eigenvalue weighted by atomic mass is 16.6. The summed E-state index contributed by atoms with van der Waals surface area (Å²) in [5.74, 6) is 0.0116. The van der Waals surface area contributed by atoms with E-state index in [0.717, 1.165) is 6.42 Å². The van der Waals surface area contributed by atoms with Crippen LogP contribution in [0.4, 0.5) is 4.79 Å². The second-order valence-electron chi connectivity index (χ2n) is 7.47. The molecule has 0 aliphatic heterocycles. The van der Waals surface area contributed by atoms with Gasteiger partial charge in [-0.15, -0.1) is 0 Å². The van der Waals surface area contributed by atoms with Gasteiger partial charge in [0.05, 0.1) is 12.6 Å². The van der Waals surface area contributed by atoms with Crippen LogP contribution in [-0.4, -0.2) is 41.2 Å². The van der Waals surface area contributed by atoms with E-state index < -0.39 is 17.7 Å². The lowest BCUT2D eigenvalue weighted by Gasteiger charge is -2.32. The first-order valence-corrected chi connectivity index (χ1v) is 7.20. The number of aliphatic hydroxyl groups is 2. The van der Waals surface area contributed by atoms with Crippen molar-refractivity contribution in [1.82, 2.24) is 5.32 Å². The van der Waals surface area contributed by atoms with Crippen LogP contribution in [0.5, 0.6) is 0 Å². The van der Waals surface area contributed by atoms with Crippen LogP contribution >= 0.6 is 0 Å². The fraction of sp³-hybridized carbons (Fsp3) is 0.933. The number of carbonyl (C=O) groups excluding carboxylic acids is 1. The Morgan fingerprint density at radius 1 is 1.15 bits per heavy atom. The third-order valence-electron chi connectivity index (χ3n) is 2.84. The van der Waals surface area contributed by atoms with Gasteiger partial charge in [0.15, 0.2) is 0 Å². The number of nitrogens with one attached hydrogen (secondary N) is 1. The van der Waals surface area contributed by atoms with Crippen LogP contribution in [0, 0.1) is 11.3 Å². The molecular weight excluding hydrogens is 258 g/mol. The van der Waals surface area contributed by atoms with Crippen LogP contribution in [0.1, 0.15) is 54.4 Å². The molecule has 0 unspecified atom stereocenters. The molecule has 0 bridgehead atoms. The molecule has 0 aromatic heterocycles. The molecule has 0 aromatic rings. The third kappa shape index (κ3) is 9.15. The lowest BCUT2D eigenvalue weighted by atomic mass is 9.80. The first-order valence-electron chi connectivity index (χ1n) is 7.20. The van der Waals surface area contributed by atoms with Crippen LogP contribution in [-0.2, 0) is 4.74 Å². The first-order chi connectivity index (χ1) is 8.98. The Balaban J connectivity index is 4.70. The number of rotatable bonds is 6. The van der Waals surface area contributed by atoms with Gasteiger partial charge in [0.2, 0.25) is 0 Å². The molecular formula is C15H31NO4. The minimum absolute atomic E-state index is 0.0116. The van der Waals surface area contributed by atoms with Gasteiger partial charge in [-0.2, -0.15) is 0 Å². The van der Waals surface area contributed by atoms with Crippen molar-refractivity contribution < 1.29 is 19.7 Å². The molecule has 0 aliphatic rings. The smallest absolute Gasteiger partial charge is 0.407 e. The van der Waals surface area contributed by atoms with Gasteiger partial charge < -0.3 is 20.3 Å². The van der Waals surface area contributed by atoms with Crippen LogP contribution in [0.25, 0.3) is 0 Å². The van der Waals surface area contributed by atoms with Crippen molar-refractivity contribution in [1.29, 1.82) is 0 Å². The summed E-state index contributed by atoms with van der Waals surface area (Å²) in [4.78, 5) is 11.8. The number of hydrogen-bond donors (Lipinski definition) is 3. The normalized spacial score (nSPS) is 15.6. The average molecular weight is 289 g/mol. The van der Waals surface area contributed by atoms with Gasteiger partial charge in [0, 0.05) is 6.61 Å². The van der Waals surface area contributed by atoms with E-state index in [0.29, 0.717) is 6.42 Å². The predicted octanol–water partition coefficient (Wildman–Crippen LogP) is 2.31. The second-order valence-corrected chi connectivity index (χ2v) is 7.47. The summed E-state index contributed by atoms with van der Waals surface area (Å²) in [7, 11) is 0. The van der Waals surface area contributed by atoms with E-state index in [-0.39, 0.29) is 24.5 Å². The molecule has 0 fully saturated rings. The maximum atomic E-state index is 11.8. The maximum Gasteiger partial charge on any atom is 0.407 e. The number of hydrogen-bond acceptors (Lipinski definition) is 4. The van der Waals surface area contributed by atoms with E-state index in [1.165, 1.54) is 0 Å². The minimum atomic E-state index is -0.569. The maximum absolute atomic E-state index is 11.8. The molecule has 5 heteroatoms. The van der Waals surface area contributed by atoms with Crippen molar-refractivity contribution in [2.75, 3.05) is 13.2 Å². The first kappa shape index (κ1) is 19.2. The van der Waals surface area contributed by atoms with E-state index in [4.69, 9.17) is 4.74 Å². The van der Waals surface area contributed by atoms with E-state index in [1.54, 1.807) is 20.8 Å². The number of aliphatic hydroxyl groups excluding tert-OH is 2. The Hall–Kier alpha value is -0.810. The molecule has 0 heterocycles. The van der Waals surface area contributed by atoms with Crippen molar-refractivity contribution in [3.8, 4) is 0 Å². The highest BCUT2D eigenvalue weighted by Gasteiger charge is 2.28. The second kappa shape index (κ2) is 7.84. The molecule has 2 atom stereocenters. The standard InChI is InChI=1S/C15H31NO4/c1-14(2,3)9-11(7-8-17)12(10-18)16-13(19)20-15(4,5)6/h11-12,17-18H,7-10H2,1-6H3,(H,16,19)/t11-,12-/m0/s1. The highest BCUT2D eigenvalue weighted by Crippen LogP contribution is 2.28. The Morgan fingerprint density at radius 3 is 2.05 bits per heavy atom. The fourth-order valence-corrected chi connectivity index (χ4v) is 2.17. The number of alkyl carbamates (subject to hydrolysis) is 1. The fourth-order valence-electron chi connectivity index (χ4n) is 2.17. The number of amides is 1. The molecule has 0 spiro atoms. The monoisotopic (exact) mass is 289 g/mol. The summed E-state index contributed by atoms with van der Waals surface area (Å²) in [6.07, 6.45) is 0.806. The van der Waals surface area contributed by atoms with E-state index in [2.05, 4.69) is 26.1 Å². The molecule has 5 nitrogen and oxygen atoms in total. The summed E-state index contributed by atoms with van der Waals surface area (Å²) >= 11 is 0. The van der Waals surface area contributed by atoms with Crippen LogP contribution in [0.15, 0.2) is 0 Å². The Bertz CT molecular complexity index is 291. The van der Waals surface area contributed by atoms with Crippen molar-refractivity contribution >= 4 is 6.09 Å². The van der Waals surface area contributed by atoms with E-state index in [1.807, 2.05) is 0 Å². The summed E-state index contributed by atoms with van der Waals surface area (Å²) in [6.45, 7) is 11.5. The van der Waals surface area contributed by atoms with Crippen LogP contribution in [0.2, 0.25) is 0 Å². The van der Waals surface area contributed by atoms with Gasteiger partial charge in [-0.05, 0) is 44.9 Å². The topological polar surface area (TPSA) is 78.8 Å². The Labute approximate surface area is 122 Å². The van der Waals surface area contributed by atoms with E-state index in [9.17, 15) is 15.0 Å². The average Bonchev–Trinajstić information content (AvgIpc) is 2.21.